The Bertz CT molecular complexity index is 161. The first-order valence-corrected chi connectivity index (χ1v) is 4.48. The topological polar surface area (TPSA) is 41.5 Å². The summed E-state index contributed by atoms with van der Waals surface area (Å²) in [5, 5.41) is 12.8. The minimum Gasteiger partial charge on any atom is -0.389 e. The summed E-state index contributed by atoms with van der Waals surface area (Å²) in [5.74, 6) is 2.46. The number of nitrogens with one attached hydrogen (secondary N) is 1. The zero-order valence-electron chi connectivity index (χ0n) is 8.47. The SMILES string of the molecule is C#CCC(C)(O)CCNCCOC. The Morgan fingerprint density at radius 2 is 2.23 bits per heavy atom. The van der Waals surface area contributed by atoms with Crippen molar-refractivity contribution in [1.29, 1.82) is 0 Å². The molecule has 0 aliphatic carbocycles. The molecule has 3 heteroatoms. The maximum atomic E-state index is 9.66. The molecule has 0 saturated carbocycles. The van der Waals surface area contributed by atoms with Crippen molar-refractivity contribution in [3.63, 3.8) is 0 Å². The van der Waals surface area contributed by atoms with Crippen molar-refractivity contribution in [2.24, 2.45) is 0 Å². The molecule has 0 radical (unpaired) electrons. The summed E-state index contributed by atoms with van der Waals surface area (Å²) >= 11 is 0. The number of rotatable bonds is 7. The second-order valence-electron chi connectivity index (χ2n) is 3.37. The van der Waals surface area contributed by atoms with Crippen LogP contribution in [0.1, 0.15) is 19.8 Å². The summed E-state index contributed by atoms with van der Waals surface area (Å²) < 4.78 is 4.86. The number of hydrogen-bond donors (Lipinski definition) is 2. The van der Waals surface area contributed by atoms with Gasteiger partial charge in [0.15, 0.2) is 0 Å². The van der Waals surface area contributed by atoms with Crippen LogP contribution in [0.5, 0.6) is 0 Å². The minimum atomic E-state index is -0.741. The molecule has 0 fully saturated rings. The van der Waals surface area contributed by atoms with Crippen LogP contribution in [0, 0.1) is 12.3 Å². The molecule has 0 aliphatic heterocycles. The molecule has 76 valence electrons. The van der Waals surface area contributed by atoms with E-state index in [0.29, 0.717) is 19.4 Å². The molecule has 0 aromatic carbocycles. The molecule has 0 aliphatic rings. The lowest BCUT2D eigenvalue weighted by atomic mass is 9.99. The Morgan fingerprint density at radius 3 is 2.77 bits per heavy atom. The van der Waals surface area contributed by atoms with Crippen LogP contribution in [0.25, 0.3) is 0 Å². The van der Waals surface area contributed by atoms with Crippen LogP contribution in [0.2, 0.25) is 0 Å². The van der Waals surface area contributed by atoms with Gasteiger partial charge in [0.05, 0.1) is 12.2 Å². The second kappa shape index (κ2) is 6.90. The summed E-state index contributed by atoms with van der Waals surface area (Å²) in [6.45, 7) is 4.02. The summed E-state index contributed by atoms with van der Waals surface area (Å²) in [4.78, 5) is 0. The Balaban J connectivity index is 3.36. The van der Waals surface area contributed by atoms with E-state index in [0.717, 1.165) is 13.1 Å². The van der Waals surface area contributed by atoms with Gasteiger partial charge in [0, 0.05) is 20.1 Å². The fourth-order valence-corrected chi connectivity index (χ4v) is 0.965. The van der Waals surface area contributed by atoms with Crippen LogP contribution in [-0.2, 0) is 4.74 Å². The molecule has 0 spiro atoms. The monoisotopic (exact) mass is 185 g/mol. The third-order valence-corrected chi connectivity index (χ3v) is 1.81. The lowest BCUT2D eigenvalue weighted by molar-refractivity contribution is 0.0560. The predicted molar refractivity (Wildman–Crippen MR) is 53.4 cm³/mol. The highest BCUT2D eigenvalue weighted by Gasteiger charge is 2.17. The van der Waals surface area contributed by atoms with Gasteiger partial charge in [-0.05, 0) is 19.9 Å². The Morgan fingerprint density at radius 1 is 1.54 bits per heavy atom. The molecular formula is C10H19NO2. The first-order chi connectivity index (χ1) is 6.12. The zero-order valence-corrected chi connectivity index (χ0v) is 8.47. The van der Waals surface area contributed by atoms with Crippen molar-refractivity contribution >= 4 is 0 Å². The van der Waals surface area contributed by atoms with Crippen molar-refractivity contribution in [2.75, 3.05) is 26.8 Å². The quantitative estimate of drug-likeness (QED) is 0.445. The lowest BCUT2D eigenvalue weighted by Gasteiger charge is -2.20. The molecule has 0 heterocycles. The van der Waals surface area contributed by atoms with E-state index in [-0.39, 0.29) is 0 Å². The maximum absolute atomic E-state index is 9.66. The van der Waals surface area contributed by atoms with Crippen LogP contribution >= 0.6 is 0 Å². The van der Waals surface area contributed by atoms with Crippen LogP contribution in [-0.4, -0.2) is 37.5 Å². The standard InChI is InChI=1S/C10H19NO2/c1-4-5-10(2,12)6-7-11-8-9-13-3/h1,11-12H,5-9H2,2-3H3. The van der Waals surface area contributed by atoms with Crippen molar-refractivity contribution in [1.82, 2.24) is 5.32 Å². The van der Waals surface area contributed by atoms with Gasteiger partial charge in [0.1, 0.15) is 0 Å². The molecular weight excluding hydrogens is 166 g/mol. The molecule has 13 heavy (non-hydrogen) atoms. The molecule has 0 aromatic heterocycles. The molecule has 0 aromatic rings. The van der Waals surface area contributed by atoms with Gasteiger partial charge in [-0.2, -0.15) is 0 Å². The van der Waals surface area contributed by atoms with Gasteiger partial charge < -0.3 is 15.2 Å². The molecule has 1 atom stereocenters. The highest BCUT2D eigenvalue weighted by molar-refractivity contribution is 4.93. The summed E-state index contributed by atoms with van der Waals surface area (Å²) in [7, 11) is 1.66. The maximum Gasteiger partial charge on any atom is 0.0740 e. The summed E-state index contributed by atoms with van der Waals surface area (Å²) in [6.07, 6.45) is 6.19. The van der Waals surface area contributed by atoms with E-state index in [1.54, 1.807) is 14.0 Å². The molecule has 0 saturated heterocycles. The number of hydrogen-bond acceptors (Lipinski definition) is 3. The van der Waals surface area contributed by atoms with E-state index in [1.165, 1.54) is 0 Å². The van der Waals surface area contributed by atoms with Crippen LogP contribution < -0.4 is 5.32 Å². The first-order valence-electron chi connectivity index (χ1n) is 4.48. The van der Waals surface area contributed by atoms with Gasteiger partial charge in [-0.15, -0.1) is 12.3 Å². The van der Waals surface area contributed by atoms with Gasteiger partial charge in [-0.1, -0.05) is 0 Å². The van der Waals surface area contributed by atoms with Crippen LogP contribution in [0.15, 0.2) is 0 Å². The minimum absolute atomic E-state index is 0.402. The highest BCUT2D eigenvalue weighted by atomic mass is 16.5. The molecule has 1 unspecified atom stereocenters. The number of methoxy groups -OCH3 is 1. The lowest BCUT2D eigenvalue weighted by Crippen LogP contribution is -2.30. The van der Waals surface area contributed by atoms with E-state index >= 15 is 0 Å². The van der Waals surface area contributed by atoms with Gasteiger partial charge in [0.25, 0.3) is 0 Å². The normalized spacial score (nSPS) is 14.9. The highest BCUT2D eigenvalue weighted by Crippen LogP contribution is 2.11. The van der Waals surface area contributed by atoms with Crippen molar-refractivity contribution < 1.29 is 9.84 Å². The number of terminal acetylenes is 1. The van der Waals surface area contributed by atoms with Gasteiger partial charge in [-0.3, -0.25) is 0 Å². The second-order valence-corrected chi connectivity index (χ2v) is 3.37. The smallest absolute Gasteiger partial charge is 0.0740 e. The van der Waals surface area contributed by atoms with Gasteiger partial charge in [-0.25, -0.2) is 0 Å². The van der Waals surface area contributed by atoms with E-state index in [9.17, 15) is 5.11 Å². The van der Waals surface area contributed by atoms with E-state index in [2.05, 4.69) is 11.2 Å². The molecule has 0 rings (SSSR count). The van der Waals surface area contributed by atoms with Crippen molar-refractivity contribution in [3.8, 4) is 12.3 Å². The summed E-state index contributed by atoms with van der Waals surface area (Å²) in [6, 6.07) is 0. The number of aliphatic hydroxyl groups is 1. The third kappa shape index (κ3) is 7.79. The molecule has 0 bridgehead atoms. The molecule has 0 amide bonds. The largest absolute Gasteiger partial charge is 0.389 e. The average molecular weight is 185 g/mol. The fourth-order valence-electron chi connectivity index (χ4n) is 0.965. The molecule has 3 nitrogen and oxygen atoms in total. The number of ether oxygens (including phenoxy) is 1. The Labute approximate surface area is 80.5 Å². The average Bonchev–Trinajstić information content (AvgIpc) is 2.04. The first kappa shape index (κ1) is 12.4. The van der Waals surface area contributed by atoms with Gasteiger partial charge >= 0.3 is 0 Å². The predicted octanol–water partition coefficient (Wildman–Crippen LogP) is 0.387. The fraction of sp³-hybridized carbons (Fsp3) is 0.800. The van der Waals surface area contributed by atoms with Crippen molar-refractivity contribution in [2.45, 2.75) is 25.4 Å². The Kier molecular flexibility index (Phi) is 6.61. The van der Waals surface area contributed by atoms with E-state index in [4.69, 9.17) is 11.2 Å². The van der Waals surface area contributed by atoms with E-state index in [1.807, 2.05) is 0 Å². The van der Waals surface area contributed by atoms with Gasteiger partial charge in [0.2, 0.25) is 0 Å². The van der Waals surface area contributed by atoms with E-state index < -0.39 is 5.60 Å². The van der Waals surface area contributed by atoms with Crippen LogP contribution in [0.3, 0.4) is 0 Å². The third-order valence-electron chi connectivity index (χ3n) is 1.81. The van der Waals surface area contributed by atoms with Crippen molar-refractivity contribution in [3.05, 3.63) is 0 Å². The summed E-state index contributed by atoms with van der Waals surface area (Å²) in [5.41, 5.74) is -0.741. The molecule has 2 N–H and O–H groups in total. The Hall–Kier alpha value is -0.560. The van der Waals surface area contributed by atoms with Crippen LogP contribution in [0.4, 0.5) is 0 Å². The zero-order chi connectivity index (χ0) is 10.2.